The summed E-state index contributed by atoms with van der Waals surface area (Å²) in [6, 6.07) is 6.05. The fraction of sp³-hybridized carbons (Fsp3) is 0.500. The number of nitrogens with zero attached hydrogens (tertiary/aromatic N) is 1. The molecule has 0 spiro atoms. The van der Waals surface area contributed by atoms with Gasteiger partial charge in [0.25, 0.3) is 0 Å². The van der Waals surface area contributed by atoms with Gasteiger partial charge in [0, 0.05) is 32.7 Å². The van der Waals surface area contributed by atoms with E-state index in [1.165, 1.54) is 12.1 Å². The maximum atomic E-state index is 11.7. The quantitative estimate of drug-likeness (QED) is 0.488. The van der Waals surface area contributed by atoms with Crippen molar-refractivity contribution in [3.63, 3.8) is 0 Å². The van der Waals surface area contributed by atoms with Gasteiger partial charge in [0.05, 0.1) is 18.1 Å². The van der Waals surface area contributed by atoms with E-state index in [4.69, 9.17) is 9.88 Å². The van der Waals surface area contributed by atoms with Gasteiger partial charge >= 0.3 is 11.8 Å². The highest BCUT2D eigenvalue weighted by molar-refractivity contribution is 7.89. The zero-order valence-electron chi connectivity index (χ0n) is 14.4. The third kappa shape index (κ3) is 6.71. The SMILES string of the molecule is NS(=O)(=O)c1ccc(CCNC(=O)C(=O)NCCN2CCOCC2)cc1. The third-order valence-corrected chi connectivity index (χ3v) is 4.90. The number of benzene rings is 1. The molecule has 0 unspecified atom stereocenters. The summed E-state index contributed by atoms with van der Waals surface area (Å²) in [5, 5.41) is 10.2. The first kappa shape index (κ1) is 20.3. The summed E-state index contributed by atoms with van der Waals surface area (Å²) < 4.78 is 27.6. The maximum absolute atomic E-state index is 11.7. The molecule has 0 radical (unpaired) electrons. The van der Waals surface area contributed by atoms with Gasteiger partial charge in [0.1, 0.15) is 0 Å². The van der Waals surface area contributed by atoms with Crippen LogP contribution in [0, 0.1) is 0 Å². The van der Waals surface area contributed by atoms with Gasteiger partial charge in [-0.2, -0.15) is 0 Å². The number of carbonyl (C=O) groups excluding carboxylic acids is 2. The summed E-state index contributed by atoms with van der Waals surface area (Å²) in [5.41, 5.74) is 0.824. The molecular weight excluding hydrogens is 360 g/mol. The summed E-state index contributed by atoms with van der Waals surface area (Å²) in [6.07, 6.45) is 0.470. The van der Waals surface area contributed by atoms with Crippen LogP contribution in [0.5, 0.6) is 0 Å². The fourth-order valence-corrected chi connectivity index (χ4v) is 2.99. The van der Waals surface area contributed by atoms with Gasteiger partial charge in [-0.05, 0) is 24.1 Å². The van der Waals surface area contributed by atoms with E-state index < -0.39 is 21.8 Å². The minimum Gasteiger partial charge on any atom is -0.379 e. The van der Waals surface area contributed by atoms with Crippen LogP contribution < -0.4 is 15.8 Å². The van der Waals surface area contributed by atoms with Crippen molar-refractivity contribution in [3.05, 3.63) is 29.8 Å². The Morgan fingerprint density at radius 3 is 2.19 bits per heavy atom. The van der Waals surface area contributed by atoms with Crippen LogP contribution in [0.2, 0.25) is 0 Å². The average Bonchev–Trinajstić information content (AvgIpc) is 2.62. The van der Waals surface area contributed by atoms with Gasteiger partial charge < -0.3 is 15.4 Å². The number of nitrogens with two attached hydrogens (primary N) is 1. The van der Waals surface area contributed by atoms with Crippen LogP contribution in [0.3, 0.4) is 0 Å². The molecule has 10 heteroatoms. The first-order valence-electron chi connectivity index (χ1n) is 8.34. The summed E-state index contributed by atoms with van der Waals surface area (Å²) in [5.74, 6) is -1.35. The van der Waals surface area contributed by atoms with Crippen LogP contribution in [-0.2, 0) is 30.8 Å². The Morgan fingerprint density at radius 1 is 1.04 bits per heavy atom. The Kier molecular flexibility index (Phi) is 7.51. The minimum atomic E-state index is -3.72. The lowest BCUT2D eigenvalue weighted by atomic mass is 10.1. The number of rotatable bonds is 7. The molecule has 1 aliphatic rings. The van der Waals surface area contributed by atoms with E-state index >= 15 is 0 Å². The van der Waals surface area contributed by atoms with Crippen molar-refractivity contribution in [2.24, 2.45) is 5.14 Å². The number of sulfonamides is 1. The number of primary sulfonamides is 1. The number of hydrogen-bond donors (Lipinski definition) is 3. The highest BCUT2D eigenvalue weighted by Crippen LogP contribution is 2.08. The van der Waals surface area contributed by atoms with Crippen LogP contribution in [0.1, 0.15) is 5.56 Å². The molecule has 1 fully saturated rings. The summed E-state index contributed by atoms with van der Waals surface area (Å²) in [6.45, 7) is 4.38. The molecule has 0 aliphatic carbocycles. The third-order valence-electron chi connectivity index (χ3n) is 3.97. The largest absolute Gasteiger partial charge is 0.379 e. The second-order valence-corrected chi connectivity index (χ2v) is 7.47. The molecular formula is C16H24N4O5S. The number of nitrogens with one attached hydrogen (secondary N) is 2. The standard InChI is InChI=1S/C16H24N4O5S/c17-26(23,24)14-3-1-13(2-4-14)5-6-18-15(21)16(22)19-7-8-20-9-11-25-12-10-20/h1-4H,5-12H2,(H,18,21)(H,19,22)(H2,17,23,24). The van der Waals surface area contributed by atoms with Crippen LogP contribution in [0.15, 0.2) is 29.2 Å². The number of ether oxygens (including phenoxy) is 1. The molecule has 1 aliphatic heterocycles. The van der Waals surface area contributed by atoms with Crippen molar-refractivity contribution in [1.29, 1.82) is 0 Å². The Hall–Kier alpha value is -2.01. The highest BCUT2D eigenvalue weighted by atomic mass is 32.2. The molecule has 0 saturated carbocycles. The van der Waals surface area contributed by atoms with E-state index in [1.54, 1.807) is 12.1 Å². The lowest BCUT2D eigenvalue weighted by Crippen LogP contribution is -2.45. The van der Waals surface area contributed by atoms with E-state index in [-0.39, 0.29) is 11.4 Å². The van der Waals surface area contributed by atoms with Crippen molar-refractivity contribution < 1.29 is 22.7 Å². The van der Waals surface area contributed by atoms with E-state index in [2.05, 4.69) is 15.5 Å². The molecule has 2 amide bonds. The molecule has 1 saturated heterocycles. The van der Waals surface area contributed by atoms with Gasteiger partial charge in [-0.15, -0.1) is 0 Å². The second kappa shape index (κ2) is 9.62. The molecule has 0 aromatic heterocycles. The molecule has 1 aromatic rings. The second-order valence-electron chi connectivity index (χ2n) is 5.90. The predicted octanol–water partition coefficient (Wildman–Crippen LogP) is -1.56. The molecule has 1 heterocycles. The topological polar surface area (TPSA) is 131 Å². The highest BCUT2D eigenvalue weighted by Gasteiger charge is 2.14. The fourth-order valence-electron chi connectivity index (χ4n) is 2.48. The normalized spacial score (nSPS) is 15.4. The van der Waals surface area contributed by atoms with Crippen molar-refractivity contribution >= 4 is 21.8 Å². The Morgan fingerprint density at radius 2 is 1.62 bits per heavy atom. The lowest BCUT2D eigenvalue weighted by molar-refractivity contribution is -0.139. The van der Waals surface area contributed by atoms with Gasteiger partial charge in [-0.1, -0.05) is 12.1 Å². The van der Waals surface area contributed by atoms with E-state index in [9.17, 15) is 18.0 Å². The van der Waals surface area contributed by atoms with Crippen molar-refractivity contribution in [2.75, 3.05) is 45.9 Å². The van der Waals surface area contributed by atoms with Crippen molar-refractivity contribution in [3.8, 4) is 0 Å². The zero-order valence-corrected chi connectivity index (χ0v) is 15.3. The minimum absolute atomic E-state index is 0.0323. The lowest BCUT2D eigenvalue weighted by Gasteiger charge is -2.26. The monoisotopic (exact) mass is 384 g/mol. The van der Waals surface area contributed by atoms with Gasteiger partial charge in [-0.3, -0.25) is 14.5 Å². The molecule has 0 bridgehead atoms. The van der Waals surface area contributed by atoms with E-state index in [1.807, 2.05) is 0 Å². The summed E-state index contributed by atoms with van der Waals surface area (Å²) >= 11 is 0. The molecule has 1 aromatic carbocycles. The maximum Gasteiger partial charge on any atom is 0.309 e. The van der Waals surface area contributed by atoms with Crippen LogP contribution in [-0.4, -0.2) is 71.1 Å². The van der Waals surface area contributed by atoms with E-state index in [0.717, 1.165) is 18.7 Å². The number of morpholine rings is 1. The average molecular weight is 384 g/mol. The smallest absolute Gasteiger partial charge is 0.309 e. The zero-order chi connectivity index (χ0) is 19.0. The first-order valence-corrected chi connectivity index (χ1v) is 9.89. The van der Waals surface area contributed by atoms with Crippen molar-refractivity contribution in [1.82, 2.24) is 15.5 Å². The number of carbonyl (C=O) groups is 2. The Labute approximate surface area is 152 Å². The Bertz CT molecular complexity index is 715. The van der Waals surface area contributed by atoms with Gasteiger partial charge in [-0.25, -0.2) is 13.6 Å². The molecule has 144 valence electrons. The molecule has 0 atom stereocenters. The number of amides is 2. The van der Waals surface area contributed by atoms with Gasteiger partial charge in [0.15, 0.2) is 0 Å². The first-order chi connectivity index (χ1) is 12.4. The predicted molar refractivity (Wildman–Crippen MR) is 94.8 cm³/mol. The van der Waals surface area contributed by atoms with Crippen LogP contribution in [0.4, 0.5) is 0 Å². The summed E-state index contributed by atoms with van der Waals surface area (Å²) in [7, 11) is -3.72. The molecule has 9 nitrogen and oxygen atoms in total. The summed E-state index contributed by atoms with van der Waals surface area (Å²) in [4.78, 5) is 25.7. The molecule has 2 rings (SSSR count). The number of hydrogen-bond acceptors (Lipinski definition) is 6. The Balaban J connectivity index is 1.65. The van der Waals surface area contributed by atoms with E-state index in [0.29, 0.717) is 32.7 Å². The van der Waals surface area contributed by atoms with Crippen LogP contribution in [0.25, 0.3) is 0 Å². The van der Waals surface area contributed by atoms with Crippen LogP contribution >= 0.6 is 0 Å². The van der Waals surface area contributed by atoms with Crippen molar-refractivity contribution in [2.45, 2.75) is 11.3 Å². The molecule has 26 heavy (non-hydrogen) atoms. The van der Waals surface area contributed by atoms with Gasteiger partial charge in [0.2, 0.25) is 10.0 Å². The molecule has 4 N–H and O–H groups in total.